The summed E-state index contributed by atoms with van der Waals surface area (Å²) in [5.41, 5.74) is 0. The molecule has 18 heavy (non-hydrogen) atoms. The van der Waals surface area contributed by atoms with Crippen molar-refractivity contribution in [3.05, 3.63) is 43.0 Å². The minimum atomic E-state index is -3.80. The molecule has 0 heterocycles. The number of hydrogen-bond acceptors (Lipinski definition) is 0. The molecule has 0 saturated heterocycles. The van der Waals surface area contributed by atoms with E-state index in [0.29, 0.717) is 0 Å². The molecule has 0 N–H and O–H groups in total. The van der Waals surface area contributed by atoms with Gasteiger partial charge in [-0.15, -0.1) is 24.8 Å². The summed E-state index contributed by atoms with van der Waals surface area (Å²) in [4.78, 5) is 0. The fraction of sp³-hybridized carbons (Fsp3) is 0.467. The van der Waals surface area contributed by atoms with Crippen LogP contribution in [0.25, 0.3) is 0 Å². The zero-order valence-corrected chi connectivity index (χ0v) is 16.3. The van der Waals surface area contributed by atoms with Gasteiger partial charge in [-0.05, 0) is 0 Å². The zero-order chi connectivity index (χ0) is 12.2. The summed E-state index contributed by atoms with van der Waals surface area (Å²) in [5.74, 6) is 0. The van der Waals surface area contributed by atoms with E-state index in [4.69, 9.17) is 0 Å². The molecule has 0 aromatic carbocycles. The van der Waals surface area contributed by atoms with Gasteiger partial charge in [-0.1, -0.05) is 0 Å². The van der Waals surface area contributed by atoms with Crippen LogP contribution in [-0.4, -0.2) is 0 Å². The molecule has 2 rings (SSSR count). The van der Waals surface area contributed by atoms with E-state index in [1.807, 2.05) is 0 Å². The van der Waals surface area contributed by atoms with Crippen LogP contribution in [0.1, 0.15) is 12.8 Å². The molecule has 0 aliphatic heterocycles. The summed E-state index contributed by atoms with van der Waals surface area (Å²) in [6.07, 6.45) is 16.1. The summed E-state index contributed by atoms with van der Waals surface area (Å²) in [5, 5.41) is 0. The molecule has 0 fully saturated rings. The molecule has 0 bridgehead atoms. The van der Waals surface area contributed by atoms with E-state index in [1.165, 1.54) is 0 Å². The van der Waals surface area contributed by atoms with Crippen LogP contribution in [0.4, 0.5) is 0 Å². The summed E-state index contributed by atoms with van der Waals surface area (Å²) in [7, 11) is 0. The number of halogens is 2. The first-order chi connectivity index (χ1) is 6.96. The molecule has 105 valence electrons. The van der Waals surface area contributed by atoms with Gasteiger partial charge < -0.3 is 0 Å². The third-order valence-electron chi connectivity index (χ3n) is 5.07. The first-order valence-electron chi connectivity index (χ1n) is 6.43. The van der Waals surface area contributed by atoms with Gasteiger partial charge >= 0.3 is 94.8 Å². The SMILES string of the molecule is Cl.Cl.[CH3][Zr]([CH3])([CH3])([CH3])([CH3])([C]1=CC=CC1)[C]1=CC=CC1. The topological polar surface area (TPSA) is 0 Å². The van der Waals surface area contributed by atoms with E-state index in [9.17, 15) is 0 Å². The van der Waals surface area contributed by atoms with E-state index in [0.717, 1.165) is 12.8 Å². The third-order valence-corrected chi connectivity index (χ3v) is 24.3. The molecule has 0 radical (unpaired) electrons. The Balaban J connectivity index is 0.00000144. The minimum absolute atomic E-state index is 0. The summed E-state index contributed by atoms with van der Waals surface area (Å²) in [6.45, 7) is 0. The van der Waals surface area contributed by atoms with E-state index in [2.05, 4.69) is 59.6 Å². The monoisotopic (exact) mass is 367 g/mol. The van der Waals surface area contributed by atoms with Crippen LogP contribution in [0.15, 0.2) is 43.0 Å². The second-order valence-electron chi connectivity index (χ2n) is 10.3. The van der Waals surface area contributed by atoms with Crippen LogP contribution in [0.5, 0.6) is 0 Å². The normalized spacial score (nSPS) is 23.7. The Hall–Kier alpha value is 0.423. The van der Waals surface area contributed by atoms with E-state index >= 15 is 0 Å². The van der Waals surface area contributed by atoms with Crippen molar-refractivity contribution in [2.24, 2.45) is 0 Å². The van der Waals surface area contributed by atoms with Crippen LogP contribution < -0.4 is 0 Å². The second-order valence-corrected chi connectivity index (χ2v) is 50.9. The van der Waals surface area contributed by atoms with Crippen molar-refractivity contribution in [1.29, 1.82) is 0 Å². The fourth-order valence-electron chi connectivity index (χ4n) is 3.14. The molecule has 0 atom stereocenters. The van der Waals surface area contributed by atoms with Gasteiger partial charge in [0.1, 0.15) is 0 Å². The Morgan fingerprint density at radius 3 is 1.28 bits per heavy atom. The predicted octanol–water partition coefficient (Wildman–Crippen LogP) is 6.52. The fourth-order valence-corrected chi connectivity index (χ4v) is 15.2. The van der Waals surface area contributed by atoms with Crippen LogP contribution in [-0.2, 0) is 15.8 Å². The second kappa shape index (κ2) is 3.75. The van der Waals surface area contributed by atoms with Crippen LogP contribution in [0, 0.1) is 0 Å². The van der Waals surface area contributed by atoms with Crippen molar-refractivity contribution < 1.29 is 15.8 Å². The van der Waals surface area contributed by atoms with Crippen LogP contribution in [0.2, 0.25) is 23.2 Å². The van der Waals surface area contributed by atoms with E-state index < -0.39 is 15.8 Å². The third kappa shape index (κ3) is 2.65. The Morgan fingerprint density at radius 2 is 1.06 bits per heavy atom. The van der Waals surface area contributed by atoms with Crippen molar-refractivity contribution in [2.45, 2.75) is 36.0 Å². The molecular weight excluding hydrogens is 342 g/mol. The number of allylic oxidation sites excluding steroid dienone is 8. The maximum atomic E-state index is 2.58. The van der Waals surface area contributed by atoms with Gasteiger partial charge in [0.15, 0.2) is 0 Å². The molecule has 2 aliphatic carbocycles. The van der Waals surface area contributed by atoms with Crippen molar-refractivity contribution in [3.8, 4) is 0 Å². The van der Waals surface area contributed by atoms with Gasteiger partial charge in [0, 0.05) is 0 Å². The van der Waals surface area contributed by atoms with Gasteiger partial charge in [-0.3, -0.25) is 0 Å². The van der Waals surface area contributed by atoms with Gasteiger partial charge in [0.2, 0.25) is 0 Å². The van der Waals surface area contributed by atoms with E-state index in [-0.39, 0.29) is 24.8 Å². The zero-order valence-electron chi connectivity index (χ0n) is 12.2. The summed E-state index contributed by atoms with van der Waals surface area (Å²) < 4.78 is 16.3. The summed E-state index contributed by atoms with van der Waals surface area (Å²) in [6, 6.07) is 0. The van der Waals surface area contributed by atoms with Crippen molar-refractivity contribution in [2.75, 3.05) is 0 Å². The Labute approximate surface area is 119 Å². The van der Waals surface area contributed by atoms with Gasteiger partial charge in [-0.25, -0.2) is 0 Å². The average molecular weight is 370 g/mol. The van der Waals surface area contributed by atoms with Gasteiger partial charge in [-0.2, -0.15) is 0 Å². The molecule has 2 aliphatic rings. The Kier molecular flexibility index (Phi) is 3.83. The standard InChI is InChI=1S/2C5H5.5CH3.2ClH.Zr/c2*1-2-4-5-3-1;;;;;;;;/h2*1-3H,4H2;5*1H3;2*1H;. The van der Waals surface area contributed by atoms with E-state index in [1.54, 1.807) is 6.56 Å². The van der Waals surface area contributed by atoms with Crippen LogP contribution >= 0.6 is 24.8 Å². The Bertz CT molecular complexity index is 450. The molecular formula is C15H27Cl2Zr. The predicted molar refractivity (Wildman–Crippen MR) is 87.5 cm³/mol. The first-order valence-corrected chi connectivity index (χ1v) is 21.2. The van der Waals surface area contributed by atoms with Crippen molar-refractivity contribution in [1.82, 2.24) is 0 Å². The summed E-state index contributed by atoms with van der Waals surface area (Å²) >= 11 is -3.80. The Morgan fingerprint density at radius 1 is 0.722 bits per heavy atom. The molecule has 0 saturated carbocycles. The molecule has 3 heteroatoms. The van der Waals surface area contributed by atoms with Crippen molar-refractivity contribution in [3.63, 3.8) is 0 Å². The molecule has 0 amide bonds. The molecule has 0 spiro atoms. The first kappa shape index (κ1) is 18.4. The van der Waals surface area contributed by atoms with Crippen molar-refractivity contribution >= 4 is 24.8 Å². The molecule has 0 nitrogen and oxygen atoms in total. The molecule has 0 aromatic heterocycles. The number of hydrogen-bond donors (Lipinski definition) is 0. The quantitative estimate of drug-likeness (QED) is 0.520. The van der Waals surface area contributed by atoms with Crippen LogP contribution in [0.3, 0.4) is 0 Å². The molecule has 0 unspecified atom stereocenters. The average Bonchev–Trinajstić information content (AvgIpc) is 2.76. The number of rotatable bonds is 2. The maximum absolute atomic E-state index is 3.80. The molecule has 0 aromatic rings. The van der Waals surface area contributed by atoms with Gasteiger partial charge in [0.05, 0.1) is 0 Å². The van der Waals surface area contributed by atoms with Gasteiger partial charge in [0.25, 0.3) is 0 Å².